The van der Waals surface area contributed by atoms with Crippen LogP contribution in [0.4, 0.5) is 9.28 Å². The Bertz CT molecular complexity index is 219. The maximum Gasteiger partial charge on any atom is 0.438 e. The van der Waals surface area contributed by atoms with Crippen molar-refractivity contribution in [1.82, 2.24) is 5.12 Å². The molecule has 3 nitrogen and oxygen atoms in total. The summed E-state index contributed by atoms with van der Waals surface area (Å²) in [4.78, 5) is 11.4. The van der Waals surface area contributed by atoms with E-state index >= 15 is 0 Å². The average molecular weight is 217 g/mol. The van der Waals surface area contributed by atoms with Crippen molar-refractivity contribution < 1.29 is 14.0 Å². The molecule has 4 heteroatoms. The zero-order chi connectivity index (χ0) is 11.5. The summed E-state index contributed by atoms with van der Waals surface area (Å²) >= 11 is 0. The fraction of sp³-hybridized carbons (Fsp3) is 0.909. The van der Waals surface area contributed by atoms with Crippen molar-refractivity contribution in [3.8, 4) is 0 Å². The van der Waals surface area contributed by atoms with Gasteiger partial charge < -0.3 is 4.74 Å². The van der Waals surface area contributed by atoms with Crippen LogP contribution in [0.5, 0.6) is 0 Å². The van der Waals surface area contributed by atoms with Crippen LogP contribution in [0.25, 0.3) is 0 Å². The smallest absolute Gasteiger partial charge is 0.438 e. The Balaban J connectivity index is 2.44. The van der Waals surface area contributed by atoms with Crippen LogP contribution >= 0.6 is 0 Å². The summed E-state index contributed by atoms with van der Waals surface area (Å²) < 4.78 is 18.5. The van der Waals surface area contributed by atoms with E-state index < -0.39 is 11.7 Å². The first kappa shape index (κ1) is 12.3. The van der Waals surface area contributed by atoms with Gasteiger partial charge in [-0.25, -0.2) is 4.79 Å². The molecule has 1 rings (SSSR count). The van der Waals surface area contributed by atoms with E-state index in [1.54, 1.807) is 20.8 Å². The fourth-order valence-electron chi connectivity index (χ4n) is 1.76. The lowest BCUT2D eigenvalue weighted by atomic mass is 9.95. The molecule has 0 saturated heterocycles. The van der Waals surface area contributed by atoms with Crippen molar-refractivity contribution in [2.24, 2.45) is 0 Å². The monoisotopic (exact) mass is 217 g/mol. The van der Waals surface area contributed by atoms with E-state index in [-0.39, 0.29) is 11.2 Å². The molecule has 0 aromatic carbocycles. The average Bonchev–Trinajstić information content (AvgIpc) is 2.15. The lowest BCUT2D eigenvalue weighted by molar-refractivity contribution is -0.0590. The molecule has 0 unspecified atom stereocenters. The molecule has 15 heavy (non-hydrogen) atoms. The summed E-state index contributed by atoms with van der Waals surface area (Å²) in [6.45, 7) is 5.21. The Morgan fingerprint density at radius 2 is 1.80 bits per heavy atom. The number of carbonyl (C=O) groups is 1. The van der Waals surface area contributed by atoms with Crippen LogP contribution in [-0.2, 0) is 4.74 Å². The molecular weight excluding hydrogens is 197 g/mol. The van der Waals surface area contributed by atoms with Gasteiger partial charge in [0.1, 0.15) is 5.60 Å². The molecule has 0 aliphatic heterocycles. The molecule has 1 amide bonds. The zero-order valence-electron chi connectivity index (χ0n) is 9.75. The van der Waals surface area contributed by atoms with Crippen molar-refractivity contribution in [3.63, 3.8) is 0 Å². The van der Waals surface area contributed by atoms with Crippen molar-refractivity contribution in [2.75, 3.05) is 0 Å². The third-order valence-corrected chi connectivity index (χ3v) is 2.46. The highest BCUT2D eigenvalue weighted by Gasteiger charge is 2.29. The van der Waals surface area contributed by atoms with Gasteiger partial charge in [-0.05, 0) is 33.6 Å². The molecule has 1 fully saturated rings. The van der Waals surface area contributed by atoms with Gasteiger partial charge in [-0.2, -0.15) is 0 Å². The topological polar surface area (TPSA) is 29.5 Å². The number of halogens is 1. The molecule has 0 aromatic heterocycles. The van der Waals surface area contributed by atoms with Gasteiger partial charge in [-0.3, -0.25) is 0 Å². The van der Waals surface area contributed by atoms with E-state index in [2.05, 4.69) is 0 Å². The molecule has 0 spiro atoms. The van der Waals surface area contributed by atoms with Crippen LogP contribution in [0, 0.1) is 0 Å². The molecule has 0 aromatic rings. The predicted molar refractivity (Wildman–Crippen MR) is 56.1 cm³/mol. The Morgan fingerprint density at radius 1 is 1.27 bits per heavy atom. The van der Waals surface area contributed by atoms with E-state index in [0.29, 0.717) is 0 Å². The number of carbonyl (C=O) groups excluding carboxylic acids is 1. The first-order valence-corrected chi connectivity index (χ1v) is 5.58. The van der Waals surface area contributed by atoms with Crippen molar-refractivity contribution in [2.45, 2.75) is 64.5 Å². The third kappa shape index (κ3) is 4.06. The maximum absolute atomic E-state index is 13.6. The molecule has 0 heterocycles. The Hall–Kier alpha value is -0.800. The van der Waals surface area contributed by atoms with E-state index in [0.717, 1.165) is 32.1 Å². The van der Waals surface area contributed by atoms with Crippen LogP contribution in [0.3, 0.4) is 0 Å². The molecule has 88 valence electrons. The summed E-state index contributed by atoms with van der Waals surface area (Å²) in [5.74, 6) is 0. The standard InChI is InChI=1S/C11H20FNO2/c1-11(2,3)15-10(14)13(12)9-7-5-4-6-8-9/h9H,4-8H2,1-3H3. The van der Waals surface area contributed by atoms with Crippen LogP contribution in [0.2, 0.25) is 0 Å². The van der Waals surface area contributed by atoms with Crippen molar-refractivity contribution in [1.29, 1.82) is 0 Å². The molecule has 0 atom stereocenters. The van der Waals surface area contributed by atoms with Gasteiger partial charge in [-0.15, -0.1) is 5.12 Å². The summed E-state index contributed by atoms with van der Waals surface area (Å²) in [7, 11) is 0. The Kier molecular flexibility index (Phi) is 3.94. The highest BCUT2D eigenvalue weighted by atomic mass is 19.2. The van der Waals surface area contributed by atoms with Crippen molar-refractivity contribution >= 4 is 6.09 Å². The van der Waals surface area contributed by atoms with Crippen LogP contribution in [0.1, 0.15) is 52.9 Å². The number of amides is 1. The van der Waals surface area contributed by atoms with Crippen molar-refractivity contribution in [3.05, 3.63) is 0 Å². The second-order valence-electron chi connectivity index (χ2n) is 5.08. The summed E-state index contributed by atoms with van der Waals surface area (Å²) in [6.07, 6.45) is 3.76. The summed E-state index contributed by atoms with van der Waals surface area (Å²) in [6, 6.07) is -0.284. The maximum atomic E-state index is 13.6. The van der Waals surface area contributed by atoms with Crippen LogP contribution in [0.15, 0.2) is 0 Å². The minimum absolute atomic E-state index is 0.268. The van der Waals surface area contributed by atoms with E-state index in [4.69, 9.17) is 4.74 Å². The predicted octanol–water partition coefficient (Wildman–Crippen LogP) is 3.44. The van der Waals surface area contributed by atoms with Gasteiger partial charge in [0, 0.05) is 0 Å². The quantitative estimate of drug-likeness (QED) is 0.630. The molecule has 1 saturated carbocycles. The van der Waals surface area contributed by atoms with Gasteiger partial charge in [-0.1, -0.05) is 23.7 Å². The van der Waals surface area contributed by atoms with Gasteiger partial charge >= 0.3 is 6.09 Å². The minimum Gasteiger partial charge on any atom is -0.442 e. The lowest BCUT2D eigenvalue weighted by Crippen LogP contribution is -2.39. The molecule has 1 aliphatic carbocycles. The highest BCUT2D eigenvalue weighted by molar-refractivity contribution is 5.67. The largest absolute Gasteiger partial charge is 0.442 e. The molecular formula is C11H20FNO2. The number of nitrogens with zero attached hydrogens (tertiary/aromatic N) is 1. The fourth-order valence-corrected chi connectivity index (χ4v) is 1.76. The molecule has 0 N–H and O–H groups in total. The molecule has 0 bridgehead atoms. The second kappa shape index (κ2) is 4.81. The number of hydrogen-bond acceptors (Lipinski definition) is 2. The SMILES string of the molecule is CC(C)(C)OC(=O)N(F)C1CCCCC1. The van der Waals surface area contributed by atoms with Crippen LogP contribution < -0.4 is 0 Å². The Labute approximate surface area is 90.5 Å². The van der Waals surface area contributed by atoms with E-state index in [9.17, 15) is 9.28 Å². The normalized spacial score (nSPS) is 18.7. The number of hydrogen-bond donors (Lipinski definition) is 0. The van der Waals surface area contributed by atoms with Crippen LogP contribution in [-0.4, -0.2) is 22.9 Å². The minimum atomic E-state index is -0.852. The summed E-state index contributed by atoms with van der Waals surface area (Å²) in [5.41, 5.74) is -0.629. The first-order valence-electron chi connectivity index (χ1n) is 5.58. The summed E-state index contributed by atoms with van der Waals surface area (Å²) in [5, 5.41) is 0.268. The number of ether oxygens (including phenoxy) is 1. The third-order valence-electron chi connectivity index (χ3n) is 2.46. The molecule has 0 radical (unpaired) electrons. The van der Waals surface area contributed by atoms with E-state index in [1.807, 2.05) is 0 Å². The van der Waals surface area contributed by atoms with Gasteiger partial charge in [0.15, 0.2) is 0 Å². The molecule has 1 aliphatic rings. The van der Waals surface area contributed by atoms with Gasteiger partial charge in [0.25, 0.3) is 0 Å². The van der Waals surface area contributed by atoms with E-state index in [1.165, 1.54) is 0 Å². The lowest BCUT2D eigenvalue weighted by Gasteiger charge is -2.29. The second-order valence-corrected chi connectivity index (χ2v) is 5.08. The van der Waals surface area contributed by atoms with Gasteiger partial charge in [0.05, 0.1) is 6.04 Å². The van der Waals surface area contributed by atoms with Gasteiger partial charge in [0.2, 0.25) is 0 Å². The Morgan fingerprint density at radius 3 is 2.27 bits per heavy atom. The first-order chi connectivity index (χ1) is 6.90. The highest BCUT2D eigenvalue weighted by Crippen LogP contribution is 2.24. The number of rotatable bonds is 1. The zero-order valence-corrected chi connectivity index (χ0v) is 9.75.